The van der Waals surface area contributed by atoms with E-state index in [1.807, 2.05) is 12.1 Å². The van der Waals surface area contributed by atoms with E-state index >= 15 is 0 Å². The standard InChI is InChI=1S/C19H29NO/c1-16(4-5-17-6-8-18(21)9-7-17)20-14-12-19(13-15-20)10-2-3-11-19/h6-9,16,21H,2-5,10-15H2,1H3. The lowest BCUT2D eigenvalue weighted by Crippen LogP contribution is -2.43. The number of nitrogens with zero attached hydrogens (tertiary/aromatic N) is 1. The van der Waals surface area contributed by atoms with Crippen molar-refractivity contribution in [1.82, 2.24) is 4.90 Å². The smallest absolute Gasteiger partial charge is 0.115 e. The van der Waals surface area contributed by atoms with Gasteiger partial charge in [0, 0.05) is 6.04 Å². The molecule has 21 heavy (non-hydrogen) atoms. The monoisotopic (exact) mass is 287 g/mol. The Morgan fingerprint density at radius 3 is 2.29 bits per heavy atom. The van der Waals surface area contributed by atoms with Crippen LogP contribution in [0.5, 0.6) is 5.75 Å². The second-order valence-electron chi connectivity index (χ2n) is 7.30. The predicted molar refractivity (Wildman–Crippen MR) is 87.6 cm³/mol. The fourth-order valence-electron chi connectivity index (χ4n) is 4.28. The van der Waals surface area contributed by atoms with Crippen LogP contribution in [0.2, 0.25) is 0 Å². The molecule has 1 spiro atoms. The van der Waals surface area contributed by atoms with Gasteiger partial charge >= 0.3 is 0 Å². The Hall–Kier alpha value is -1.02. The minimum absolute atomic E-state index is 0.365. The number of aromatic hydroxyl groups is 1. The van der Waals surface area contributed by atoms with Gasteiger partial charge in [0.05, 0.1) is 0 Å². The van der Waals surface area contributed by atoms with Crippen LogP contribution in [0.4, 0.5) is 0 Å². The molecule has 116 valence electrons. The van der Waals surface area contributed by atoms with Crippen molar-refractivity contribution in [3.63, 3.8) is 0 Å². The van der Waals surface area contributed by atoms with E-state index in [4.69, 9.17) is 0 Å². The first-order valence-electron chi connectivity index (χ1n) is 8.69. The maximum absolute atomic E-state index is 9.33. The van der Waals surface area contributed by atoms with Crippen molar-refractivity contribution in [3.05, 3.63) is 29.8 Å². The summed E-state index contributed by atoms with van der Waals surface area (Å²) >= 11 is 0. The molecule has 1 heterocycles. The third-order valence-electron chi connectivity index (χ3n) is 5.93. The van der Waals surface area contributed by atoms with Gasteiger partial charge in [0.2, 0.25) is 0 Å². The van der Waals surface area contributed by atoms with Crippen molar-refractivity contribution in [2.75, 3.05) is 13.1 Å². The van der Waals surface area contributed by atoms with E-state index in [1.54, 1.807) is 12.1 Å². The number of hydrogen-bond acceptors (Lipinski definition) is 2. The van der Waals surface area contributed by atoms with Crippen LogP contribution in [0.25, 0.3) is 0 Å². The highest BCUT2D eigenvalue weighted by molar-refractivity contribution is 5.25. The summed E-state index contributed by atoms with van der Waals surface area (Å²) in [5.41, 5.74) is 2.07. The molecule has 1 aromatic rings. The van der Waals surface area contributed by atoms with Crippen molar-refractivity contribution in [2.24, 2.45) is 5.41 Å². The fraction of sp³-hybridized carbons (Fsp3) is 0.684. The van der Waals surface area contributed by atoms with Crippen LogP contribution >= 0.6 is 0 Å². The Labute approximate surface area is 129 Å². The Bertz CT molecular complexity index is 437. The maximum atomic E-state index is 9.33. The molecule has 0 aromatic heterocycles. The first-order chi connectivity index (χ1) is 10.2. The zero-order valence-corrected chi connectivity index (χ0v) is 13.4. The Morgan fingerprint density at radius 1 is 1.05 bits per heavy atom. The maximum Gasteiger partial charge on any atom is 0.115 e. The molecule has 0 bridgehead atoms. The van der Waals surface area contributed by atoms with Crippen molar-refractivity contribution in [3.8, 4) is 5.75 Å². The lowest BCUT2D eigenvalue weighted by Gasteiger charge is -2.42. The number of benzene rings is 1. The zero-order chi connectivity index (χ0) is 14.7. The Morgan fingerprint density at radius 2 is 1.67 bits per heavy atom. The minimum Gasteiger partial charge on any atom is -0.508 e. The van der Waals surface area contributed by atoms with E-state index in [0.717, 1.165) is 11.8 Å². The van der Waals surface area contributed by atoms with E-state index < -0.39 is 0 Å². The van der Waals surface area contributed by atoms with Gasteiger partial charge in [-0.1, -0.05) is 25.0 Å². The molecule has 3 rings (SSSR count). The summed E-state index contributed by atoms with van der Waals surface area (Å²) in [6, 6.07) is 8.37. The van der Waals surface area contributed by atoms with Crippen LogP contribution in [-0.2, 0) is 6.42 Å². The first-order valence-corrected chi connectivity index (χ1v) is 8.69. The number of phenols is 1. The number of likely N-dealkylation sites (tertiary alicyclic amines) is 1. The summed E-state index contributed by atoms with van der Waals surface area (Å²) in [6.07, 6.45) is 11.1. The van der Waals surface area contributed by atoms with E-state index in [2.05, 4.69) is 11.8 Å². The number of hydrogen-bond donors (Lipinski definition) is 1. The van der Waals surface area contributed by atoms with Crippen LogP contribution in [0.3, 0.4) is 0 Å². The van der Waals surface area contributed by atoms with Gasteiger partial charge in [-0.05, 0) is 81.6 Å². The molecule has 1 N–H and O–H groups in total. The van der Waals surface area contributed by atoms with Crippen LogP contribution in [0.15, 0.2) is 24.3 Å². The third-order valence-corrected chi connectivity index (χ3v) is 5.93. The predicted octanol–water partition coefficient (Wildman–Crippen LogP) is 4.37. The number of rotatable bonds is 4. The molecule has 1 atom stereocenters. The van der Waals surface area contributed by atoms with Gasteiger partial charge < -0.3 is 10.0 Å². The topological polar surface area (TPSA) is 23.5 Å². The summed E-state index contributed by atoms with van der Waals surface area (Å²) in [7, 11) is 0. The summed E-state index contributed by atoms with van der Waals surface area (Å²) in [5.74, 6) is 0.365. The molecule has 2 nitrogen and oxygen atoms in total. The largest absolute Gasteiger partial charge is 0.508 e. The van der Waals surface area contributed by atoms with Crippen molar-refractivity contribution < 1.29 is 5.11 Å². The number of piperidine rings is 1. The lowest BCUT2D eigenvalue weighted by atomic mass is 9.76. The van der Waals surface area contributed by atoms with Crippen molar-refractivity contribution in [1.29, 1.82) is 0 Å². The van der Waals surface area contributed by atoms with Gasteiger partial charge in [0.15, 0.2) is 0 Å². The average Bonchev–Trinajstić information content (AvgIpc) is 2.95. The summed E-state index contributed by atoms with van der Waals surface area (Å²) in [5, 5.41) is 9.33. The molecule has 2 fully saturated rings. The van der Waals surface area contributed by atoms with Crippen LogP contribution in [-0.4, -0.2) is 29.1 Å². The first kappa shape index (κ1) is 14.9. The quantitative estimate of drug-likeness (QED) is 0.889. The molecule has 1 saturated heterocycles. The number of aryl methyl sites for hydroxylation is 1. The molecule has 1 saturated carbocycles. The molecule has 2 aliphatic rings. The highest BCUT2D eigenvalue weighted by atomic mass is 16.3. The van der Waals surface area contributed by atoms with Gasteiger partial charge in [-0.15, -0.1) is 0 Å². The van der Waals surface area contributed by atoms with Gasteiger partial charge in [0.1, 0.15) is 5.75 Å². The summed E-state index contributed by atoms with van der Waals surface area (Å²) in [6.45, 7) is 4.99. The fourth-order valence-corrected chi connectivity index (χ4v) is 4.28. The second kappa shape index (κ2) is 6.39. The molecule has 1 unspecified atom stereocenters. The van der Waals surface area contributed by atoms with E-state index in [9.17, 15) is 5.11 Å². The molecule has 0 amide bonds. The summed E-state index contributed by atoms with van der Waals surface area (Å²) < 4.78 is 0. The van der Waals surface area contributed by atoms with Crippen LogP contribution in [0, 0.1) is 5.41 Å². The Kier molecular flexibility index (Phi) is 4.54. The normalized spacial score (nSPS) is 23.5. The van der Waals surface area contributed by atoms with Gasteiger partial charge in [0.25, 0.3) is 0 Å². The molecule has 1 aliphatic heterocycles. The van der Waals surface area contributed by atoms with E-state index in [0.29, 0.717) is 11.8 Å². The highest BCUT2D eigenvalue weighted by Gasteiger charge is 2.37. The van der Waals surface area contributed by atoms with E-state index in [1.165, 1.54) is 63.6 Å². The van der Waals surface area contributed by atoms with Crippen molar-refractivity contribution in [2.45, 2.75) is 64.3 Å². The molecule has 0 radical (unpaired) electrons. The number of phenolic OH excluding ortho intramolecular Hbond substituents is 1. The molecule has 1 aromatic carbocycles. The van der Waals surface area contributed by atoms with E-state index in [-0.39, 0.29) is 0 Å². The third kappa shape index (κ3) is 3.60. The lowest BCUT2D eigenvalue weighted by molar-refractivity contribution is 0.0787. The highest BCUT2D eigenvalue weighted by Crippen LogP contribution is 2.46. The average molecular weight is 287 g/mol. The molecule has 2 heteroatoms. The van der Waals surface area contributed by atoms with Crippen LogP contribution < -0.4 is 0 Å². The minimum atomic E-state index is 0.365. The SMILES string of the molecule is CC(CCc1ccc(O)cc1)N1CCC2(CCCC2)CC1. The van der Waals surface area contributed by atoms with Gasteiger partial charge in [-0.2, -0.15) is 0 Å². The molecular weight excluding hydrogens is 258 g/mol. The second-order valence-corrected chi connectivity index (χ2v) is 7.30. The summed E-state index contributed by atoms with van der Waals surface area (Å²) in [4.78, 5) is 2.70. The molecule has 1 aliphatic carbocycles. The van der Waals surface area contributed by atoms with Gasteiger partial charge in [-0.25, -0.2) is 0 Å². The molecular formula is C19H29NO. The van der Waals surface area contributed by atoms with Crippen molar-refractivity contribution >= 4 is 0 Å². The Balaban J connectivity index is 1.45. The van der Waals surface area contributed by atoms with Crippen LogP contribution in [0.1, 0.15) is 57.4 Å². The van der Waals surface area contributed by atoms with Gasteiger partial charge in [-0.3, -0.25) is 0 Å². The zero-order valence-electron chi connectivity index (χ0n) is 13.4.